The maximum Gasteiger partial charge on any atom is 0.351 e. The van der Waals surface area contributed by atoms with E-state index in [2.05, 4.69) is 11.6 Å². The van der Waals surface area contributed by atoms with Crippen LogP contribution >= 0.6 is 0 Å². The number of amides is 1. The van der Waals surface area contributed by atoms with Crippen LogP contribution in [0.3, 0.4) is 0 Å². The number of rotatable bonds is 2. The Hall–Kier alpha value is -2.31. The Balaban J connectivity index is 3.48. The zero-order valence-corrected chi connectivity index (χ0v) is 7.68. The molecule has 1 amide bonds. The molecule has 0 aromatic heterocycles. The molecular formula is C8H6N2O5. The van der Waals surface area contributed by atoms with E-state index in [0.717, 1.165) is 0 Å². The first kappa shape index (κ1) is 10.8. The number of nitrogens with zero attached hydrogens (tertiary/aromatic N) is 2. The second-order valence-corrected chi connectivity index (χ2v) is 2.77. The maximum absolute atomic E-state index is 11.1. The number of aliphatic imine (C=N–C) groups is 1. The summed E-state index contributed by atoms with van der Waals surface area (Å²) in [6, 6.07) is 0. The van der Waals surface area contributed by atoms with Crippen LogP contribution in [0.1, 0.15) is 6.92 Å². The van der Waals surface area contributed by atoms with Crippen LogP contribution < -0.4 is 0 Å². The fourth-order valence-corrected chi connectivity index (χ4v) is 1.10. The van der Waals surface area contributed by atoms with Crippen LogP contribution in [0.5, 0.6) is 0 Å². The third-order valence-corrected chi connectivity index (χ3v) is 1.84. The van der Waals surface area contributed by atoms with Crippen LogP contribution in [-0.4, -0.2) is 27.6 Å². The third-order valence-electron chi connectivity index (χ3n) is 1.84. The minimum Gasteiger partial charge on any atom is -0.477 e. The lowest BCUT2D eigenvalue weighted by Crippen LogP contribution is -2.25. The number of hydrogen-bond donors (Lipinski definition) is 1. The predicted molar refractivity (Wildman–Crippen MR) is 48.9 cm³/mol. The lowest BCUT2D eigenvalue weighted by atomic mass is 9.99. The van der Waals surface area contributed by atoms with Gasteiger partial charge >= 0.3 is 17.6 Å². The maximum atomic E-state index is 11.1. The van der Waals surface area contributed by atoms with Crippen molar-refractivity contribution in [3.05, 3.63) is 33.5 Å². The van der Waals surface area contributed by atoms with Crippen molar-refractivity contribution >= 4 is 17.6 Å². The molecular weight excluding hydrogens is 204 g/mol. The van der Waals surface area contributed by atoms with Crippen molar-refractivity contribution in [1.82, 2.24) is 0 Å². The number of hydrogen-bond acceptors (Lipinski definition) is 4. The van der Waals surface area contributed by atoms with E-state index in [-0.39, 0.29) is 11.3 Å². The van der Waals surface area contributed by atoms with Crippen LogP contribution in [0.2, 0.25) is 0 Å². The zero-order chi connectivity index (χ0) is 11.7. The summed E-state index contributed by atoms with van der Waals surface area (Å²) < 4.78 is 0. The quantitative estimate of drug-likeness (QED) is 0.515. The highest BCUT2D eigenvalue weighted by Crippen LogP contribution is 2.22. The average Bonchev–Trinajstić information content (AvgIpc) is 2.09. The van der Waals surface area contributed by atoms with E-state index in [9.17, 15) is 19.7 Å². The standard InChI is InChI=1S/C8H6N2O5/c1-3-4(2)9-7(11)6(10(14)15)5(3)8(12)13/h1H2,2H3,(H,12,13). The van der Waals surface area contributed by atoms with E-state index in [1.165, 1.54) is 6.92 Å². The van der Waals surface area contributed by atoms with Gasteiger partial charge in [-0.3, -0.25) is 14.9 Å². The fourth-order valence-electron chi connectivity index (χ4n) is 1.10. The summed E-state index contributed by atoms with van der Waals surface area (Å²) in [5.74, 6) is -2.73. The summed E-state index contributed by atoms with van der Waals surface area (Å²) >= 11 is 0. The van der Waals surface area contributed by atoms with Crippen LogP contribution in [0.15, 0.2) is 28.4 Å². The molecule has 0 atom stereocenters. The Bertz CT molecular complexity index is 458. The Morgan fingerprint density at radius 2 is 2.13 bits per heavy atom. The molecule has 7 heteroatoms. The molecule has 15 heavy (non-hydrogen) atoms. The Labute approximate surface area is 83.6 Å². The van der Waals surface area contributed by atoms with Crippen molar-refractivity contribution in [1.29, 1.82) is 0 Å². The second kappa shape index (κ2) is 3.45. The van der Waals surface area contributed by atoms with Crippen LogP contribution in [0.25, 0.3) is 0 Å². The molecule has 1 heterocycles. The normalized spacial score (nSPS) is 16.5. The third kappa shape index (κ3) is 1.66. The lowest BCUT2D eigenvalue weighted by molar-refractivity contribution is -0.419. The molecule has 0 bridgehead atoms. The van der Waals surface area contributed by atoms with Crippen molar-refractivity contribution in [3.63, 3.8) is 0 Å². The van der Waals surface area contributed by atoms with Crippen LogP contribution in [-0.2, 0) is 9.59 Å². The smallest absolute Gasteiger partial charge is 0.351 e. The van der Waals surface area contributed by atoms with Gasteiger partial charge in [0.05, 0.1) is 4.92 Å². The summed E-state index contributed by atoms with van der Waals surface area (Å²) in [6.45, 7) is 4.70. The van der Waals surface area contributed by atoms with E-state index in [1.54, 1.807) is 0 Å². The van der Waals surface area contributed by atoms with Gasteiger partial charge in [-0.05, 0) is 6.92 Å². The Morgan fingerprint density at radius 3 is 2.53 bits per heavy atom. The first-order chi connectivity index (χ1) is 6.86. The van der Waals surface area contributed by atoms with Gasteiger partial charge in [0.25, 0.3) is 0 Å². The highest BCUT2D eigenvalue weighted by molar-refractivity contribution is 6.21. The molecule has 0 unspecified atom stereocenters. The van der Waals surface area contributed by atoms with Crippen molar-refractivity contribution in [2.45, 2.75) is 6.92 Å². The summed E-state index contributed by atoms with van der Waals surface area (Å²) in [5.41, 5.74) is -1.78. The fraction of sp³-hybridized carbons (Fsp3) is 0.125. The topological polar surface area (TPSA) is 110 Å². The van der Waals surface area contributed by atoms with Crippen molar-refractivity contribution < 1.29 is 19.6 Å². The predicted octanol–water partition coefficient (Wildman–Crippen LogP) is 0.159. The Kier molecular flexibility index (Phi) is 2.47. The SMILES string of the molecule is C=C1C(C)=NC(=O)C([N+](=O)[O-])=C1C(=O)O. The van der Waals surface area contributed by atoms with Gasteiger partial charge in [-0.25, -0.2) is 9.79 Å². The van der Waals surface area contributed by atoms with Crippen molar-refractivity contribution in [2.75, 3.05) is 0 Å². The average molecular weight is 210 g/mol. The number of aliphatic carboxylic acids is 1. The summed E-state index contributed by atoms with van der Waals surface area (Å²) in [7, 11) is 0. The van der Waals surface area contributed by atoms with Gasteiger partial charge in [-0.15, -0.1) is 0 Å². The van der Waals surface area contributed by atoms with Gasteiger partial charge in [0.1, 0.15) is 0 Å². The molecule has 0 saturated heterocycles. The highest BCUT2D eigenvalue weighted by atomic mass is 16.6. The molecule has 78 valence electrons. The monoisotopic (exact) mass is 210 g/mol. The van der Waals surface area contributed by atoms with Crippen molar-refractivity contribution in [3.8, 4) is 0 Å². The first-order valence-electron chi connectivity index (χ1n) is 3.77. The molecule has 0 fully saturated rings. The van der Waals surface area contributed by atoms with Gasteiger partial charge in [-0.2, -0.15) is 0 Å². The largest absolute Gasteiger partial charge is 0.477 e. The lowest BCUT2D eigenvalue weighted by Gasteiger charge is -2.10. The molecule has 7 nitrogen and oxygen atoms in total. The minimum absolute atomic E-state index is 0.0722. The summed E-state index contributed by atoms with van der Waals surface area (Å²) in [6.07, 6.45) is 0. The zero-order valence-electron chi connectivity index (χ0n) is 7.68. The minimum atomic E-state index is -1.56. The molecule has 1 aliphatic rings. The van der Waals surface area contributed by atoms with Crippen LogP contribution in [0, 0.1) is 10.1 Å². The van der Waals surface area contributed by atoms with E-state index in [1.807, 2.05) is 0 Å². The van der Waals surface area contributed by atoms with Gasteiger partial charge in [-0.1, -0.05) is 6.58 Å². The molecule has 0 radical (unpaired) electrons. The molecule has 0 aromatic carbocycles. The molecule has 0 spiro atoms. The van der Waals surface area contributed by atoms with E-state index in [4.69, 9.17) is 5.11 Å². The number of carbonyl (C=O) groups is 2. The van der Waals surface area contributed by atoms with E-state index in [0.29, 0.717) is 0 Å². The van der Waals surface area contributed by atoms with E-state index >= 15 is 0 Å². The number of dihydropyridines is 1. The Morgan fingerprint density at radius 1 is 1.60 bits per heavy atom. The summed E-state index contributed by atoms with van der Waals surface area (Å²) in [4.78, 5) is 34.6. The van der Waals surface area contributed by atoms with Crippen molar-refractivity contribution in [2.24, 2.45) is 4.99 Å². The van der Waals surface area contributed by atoms with E-state index < -0.39 is 28.1 Å². The van der Waals surface area contributed by atoms with Gasteiger partial charge in [0.15, 0.2) is 5.57 Å². The molecule has 1 rings (SSSR count). The van der Waals surface area contributed by atoms with Gasteiger partial charge in [0.2, 0.25) is 0 Å². The number of carboxylic acids is 1. The van der Waals surface area contributed by atoms with Gasteiger partial charge < -0.3 is 5.11 Å². The molecule has 1 aliphatic heterocycles. The number of carbonyl (C=O) groups excluding carboxylic acids is 1. The number of carboxylic acid groups (broad SMARTS) is 1. The molecule has 0 aliphatic carbocycles. The molecule has 0 saturated carbocycles. The second-order valence-electron chi connectivity index (χ2n) is 2.77. The van der Waals surface area contributed by atoms with Crippen LogP contribution in [0.4, 0.5) is 0 Å². The molecule has 0 aromatic rings. The first-order valence-corrected chi connectivity index (χ1v) is 3.77. The highest BCUT2D eigenvalue weighted by Gasteiger charge is 2.37. The number of nitro groups is 1. The summed E-state index contributed by atoms with van der Waals surface area (Å²) in [5, 5.41) is 19.2. The molecule has 1 N–H and O–H groups in total. The van der Waals surface area contributed by atoms with Gasteiger partial charge in [0, 0.05) is 11.3 Å².